The molecule has 1 aliphatic heterocycles. The van der Waals surface area contributed by atoms with Crippen LogP contribution in [0.1, 0.15) is 5.56 Å². The Morgan fingerprint density at radius 1 is 1.32 bits per heavy atom. The standard InChI is InChI=1S/C18H15N3O3S/c22-7-3-4-13-8-18(25-12-13)15-10-21(20-19-15)9-14-11-23-16-5-1-2-6-17(16)24-14/h1-2,5-6,8,10,12,14,22H,7,9,11H2/t14-/m1/s1. The van der Waals surface area contributed by atoms with Gasteiger partial charge in [0.05, 0.1) is 17.6 Å². The molecule has 0 bridgehead atoms. The lowest BCUT2D eigenvalue weighted by molar-refractivity contribution is 0.0755. The van der Waals surface area contributed by atoms with Crippen LogP contribution in [0.3, 0.4) is 0 Å². The van der Waals surface area contributed by atoms with Gasteiger partial charge in [-0.3, -0.25) is 0 Å². The average Bonchev–Trinajstić information content (AvgIpc) is 3.29. The lowest BCUT2D eigenvalue weighted by Crippen LogP contribution is -2.33. The van der Waals surface area contributed by atoms with Crippen LogP contribution in [-0.2, 0) is 6.54 Å². The number of fused-ring (bicyclic) bond motifs is 1. The van der Waals surface area contributed by atoms with Crippen molar-refractivity contribution < 1.29 is 14.6 Å². The number of benzene rings is 1. The van der Waals surface area contributed by atoms with E-state index in [1.165, 1.54) is 0 Å². The molecule has 25 heavy (non-hydrogen) atoms. The van der Waals surface area contributed by atoms with Gasteiger partial charge in [0, 0.05) is 10.9 Å². The van der Waals surface area contributed by atoms with Crippen LogP contribution in [0.5, 0.6) is 11.5 Å². The molecule has 1 atom stereocenters. The third-order valence-corrected chi connectivity index (χ3v) is 4.61. The van der Waals surface area contributed by atoms with Crippen molar-refractivity contribution in [1.82, 2.24) is 15.0 Å². The SMILES string of the molecule is OCC#Cc1csc(-c2cn(C[C@@H]3COc4ccccc4O3)nn2)c1. The minimum atomic E-state index is -0.145. The minimum Gasteiger partial charge on any atom is -0.486 e. The Kier molecular flexibility index (Phi) is 4.37. The molecule has 6 nitrogen and oxygen atoms in total. The van der Waals surface area contributed by atoms with Gasteiger partial charge >= 0.3 is 0 Å². The molecule has 0 amide bonds. The van der Waals surface area contributed by atoms with Crippen molar-refractivity contribution in [3.63, 3.8) is 0 Å². The second-order valence-electron chi connectivity index (χ2n) is 5.48. The molecule has 3 aromatic rings. The second kappa shape index (κ2) is 6.97. The summed E-state index contributed by atoms with van der Waals surface area (Å²) in [5.74, 6) is 7.05. The number of para-hydroxylation sites is 2. The summed E-state index contributed by atoms with van der Waals surface area (Å²) in [4.78, 5) is 0.986. The van der Waals surface area contributed by atoms with Gasteiger partial charge in [0.25, 0.3) is 0 Å². The maximum atomic E-state index is 8.75. The predicted octanol–water partition coefficient (Wildman–Crippen LogP) is 2.19. The van der Waals surface area contributed by atoms with Crippen molar-refractivity contribution >= 4 is 11.3 Å². The molecule has 0 radical (unpaired) electrons. The zero-order chi connectivity index (χ0) is 17.1. The summed E-state index contributed by atoms with van der Waals surface area (Å²) in [5.41, 5.74) is 1.66. The Balaban J connectivity index is 1.44. The molecule has 1 N–H and O–H groups in total. The predicted molar refractivity (Wildman–Crippen MR) is 93.7 cm³/mol. The molecule has 0 spiro atoms. The first-order valence-corrected chi connectivity index (χ1v) is 8.67. The van der Waals surface area contributed by atoms with Crippen molar-refractivity contribution in [3.8, 4) is 33.9 Å². The van der Waals surface area contributed by atoms with E-state index in [9.17, 15) is 0 Å². The van der Waals surface area contributed by atoms with Crippen LogP contribution < -0.4 is 9.47 Å². The zero-order valence-electron chi connectivity index (χ0n) is 13.3. The molecule has 2 aromatic heterocycles. The quantitative estimate of drug-likeness (QED) is 0.731. The summed E-state index contributed by atoms with van der Waals surface area (Å²) in [6.07, 6.45) is 1.78. The Labute approximate surface area is 148 Å². The third-order valence-electron chi connectivity index (χ3n) is 3.66. The summed E-state index contributed by atoms with van der Waals surface area (Å²) in [6, 6.07) is 9.58. The fourth-order valence-electron chi connectivity index (χ4n) is 2.54. The van der Waals surface area contributed by atoms with Crippen LogP contribution >= 0.6 is 11.3 Å². The van der Waals surface area contributed by atoms with E-state index in [0.29, 0.717) is 13.2 Å². The Hall–Kier alpha value is -2.82. The van der Waals surface area contributed by atoms with Crippen LogP contribution in [0.2, 0.25) is 0 Å². The highest BCUT2D eigenvalue weighted by Gasteiger charge is 2.21. The lowest BCUT2D eigenvalue weighted by Gasteiger charge is -2.26. The molecule has 0 saturated heterocycles. The summed E-state index contributed by atoms with van der Waals surface area (Å²) in [5, 5.41) is 19.1. The van der Waals surface area contributed by atoms with Gasteiger partial charge in [0.2, 0.25) is 0 Å². The molecule has 0 aliphatic carbocycles. The molecule has 1 aromatic carbocycles. The van der Waals surface area contributed by atoms with E-state index >= 15 is 0 Å². The number of hydrogen-bond acceptors (Lipinski definition) is 6. The van der Waals surface area contributed by atoms with Crippen LogP contribution in [0.15, 0.2) is 41.9 Å². The van der Waals surface area contributed by atoms with Crippen molar-refractivity contribution in [2.24, 2.45) is 0 Å². The summed E-state index contributed by atoms with van der Waals surface area (Å²) in [6.45, 7) is 0.893. The monoisotopic (exact) mass is 353 g/mol. The number of aromatic nitrogens is 3. The summed E-state index contributed by atoms with van der Waals surface area (Å²) < 4.78 is 13.4. The van der Waals surface area contributed by atoms with E-state index in [2.05, 4.69) is 22.2 Å². The number of thiophene rings is 1. The largest absolute Gasteiger partial charge is 0.486 e. The Morgan fingerprint density at radius 3 is 3.08 bits per heavy atom. The van der Waals surface area contributed by atoms with Crippen molar-refractivity contribution in [1.29, 1.82) is 0 Å². The average molecular weight is 353 g/mol. The highest BCUT2D eigenvalue weighted by molar-refractivity contribution is 7.13. The number of ether oxygens (including phenoxy) is 2. The van der Waals surface area contributed by atoms with Crippen molar-refractivity contribution in [2.75, 3.05) is 13.2 Å². The van der Waals surface area contributed by atoms with Crippen molar-refractivity contribution in [3.05, 3.63) is 47.5 Å². The van der Waals surface area contributed by atoms with Gasteiger partial charge in [-0.25, -0.2) is 4.68 Å². The molecular weight excluding hydrogens is 338 g/mol. The zero-order valence-corrected chi connectivity index (χ0v) is 14.1. The summed E-state index contributed by atoms with van der Waals surface area (Å²) in [7, 11) is 0. The first-order chi connectivity index (χ1) is 12.3. The van der Waals surface area contributed by atoms with Crippen LogP contribution in [0.25, 0.3) is 10.6 Å². The first-order valence-electron chi connectivity index (χ1n) is 7.79. The number of aliphatic hydroxyl groups is 1. The molecule has 0 fully saturated rings. The molecule has 1 aliphatic rings. The van der Waals surface area contributed by atoms with E-state index in [1.807, 2.05) is 41.9 Å². The van der Waals surface area contributed by atoms with Crippen LogP contribution in [0.4, 0.5) is 0 Å². The molecule has 126 valence electrons. The maximum absolute atomic E-state index is 8.75. The number of aliphatic hydroxyl groups excluding tert-OH is 1. The van der Waals surface area contributed by atoms with Gasteiger partial charge in [-0.1, -0.05) is 29.2 Å². The van der Waals surface area contributed by atoms with Crippen molar-refractivity contribution in [2.45, 2.75) is 12.6 Å². The van der Waals surface area contributed by atoms with E-state index in [-0.39, 0.29) is 12.7 Å². The fourth-order valence-corrected chi connectivity index (χ4v) is 3.33. The lowest BCUT2D eigenvalue weighted by atomic mass is 10.2. The first kappa shape index (κ1) is 15.7. The van der Waals surface area contributed by atoms with Gasteiger partial charge in [-0.05, 0) is 18.2 Å². The van der Waals surface area contributed by atoms with Crippen LogP contribution in [0, 0.1) is 11.8 Å². The van der Waals surface area contributed by atoms with E-state index < -0.39 is 0 Å². The highest BCUT2D eigenvalue weighted by Crippen LogP contribution is 2.31. The van der Waals surface area contributed by atoms with Gasteiger partial charge in [0.1, 0.15) is 18.9 Å². The molecular formula is C18H15N3O3S. The van der Waals surface area contributed by atoms with Crippen LogP contribution in [-0.4, -0.2) is 39.4 Å². The second-order valence-corrected chi connectivity index (χ2v) is 6.39. The maximum Gasteiger partial charge on any atom is 0.161 e. The normalized spacial score (nSPS) is 15.5. The minimum absolute atomic E-state index is 0.112. The topological polar surface area (TPSA) is 69.4 Å². The van der Waals surface area contributed by atoms with E-state index in [4.69, 9.17) is 14.6 Å². The Morgan fingerprint density at radius 2 is 2.20 bits per heavy atom. The Bertz CT molecular complexity index is 938. The third kappa shape index (κ3) is 3.50. The molecule has 0 saturated carbocycles. The van der Waals surface area contributed by atoms with Gasteiger partial charge < -0.3 is 14.6 Å². The van der Waals surface area contributed by atoms with Gasteiger partial charge in [-0.2, -0.15) is 0 Å². The highest BCUT2D eigenvalue weighted by atomic mass is 32.1. The molecule has 3 heterocycles. The number of rotatable bonds is 3. The van der Waals surface area contributed by atoms with Gasteiger partial charge in [0.15, 0.2) is 17.6 Å². The molecule has 7 heteroatoms. The summed E-state index contributed by atoms with van der Waals surface area (Å²) >= 11 is 1.55. The number of hydrogen-bond donors (Lipinski definition) is 1. The van der Waals surface area contributed by atoms with E-state index in [1.54, 1.807) is 16.0 Å². The number of nitrogens with zero attached hydrogens (tertiary/aromatic N) is 3. The molecule has 0 unspecified atom stereocenters. The van der Waals surface area contributed by atoms with E-state index in [0.717, 1.165) is 27.6 Å². The fraction of sp³-hybridized carbons (Fsp3) is 0.222. The van der Waals surface area contributed by atoms with Gasteiger partial charge in [-0.15, -0.1) is 16.4 Å². The molecule has 4 rings (SSSR count). The smallest absolute Gasteiger partial charge is 0.161 e.